The zero-order valence-electron chi connectivity index (χ0n) is 15.1. The highest BCUT2D eigenvalue weighted by atomic mass is 16.5. The van der Waals surface area contributed by atoms with Gasteiger partial charge in [0.05, 0.1) is 25.2 Å². The van der Waals surface area contributed by atoms with Crippen molar-refractivity contribution < 1.29 is 14.3 Å². The topological polar surface area (TPSA) is 78.9 Å². The summed E-state index contributed by atoms with van der Waals surface area (Å²) in [6, 6.07) is 1.79. The molecule has 3 aliphatic heterocycles. The highest BCUT2D eigenvalue weighted by Gasteiger charge is 2.49. The van der Waals surface area contributed by atoms with E-state index in [1.165, 1.54) is 0 Å². The summed E-state index contributed by atoms with van der Waals surface area (Å²) in [6.07, 6.45) is 4.88. The van der Waals surface area contributed by atoms with Crippen LogP contribution in [0.3, 0.4) is 0 Å². The first kappa shape index (κ1) is 17.2. The third-order valence-electron chi connectivity index (χ3n) is 5.68. The zero-order chi connectivity index (χ0) is 18.1. The summed E-state index contributed by atoms with van der Waals surface area (Å²) in [5.41, 5.74) is 0. The standard InChI is InChI=1S/C18H25N5O3/c1-2-15-14(17(25)21-6-8-26-9-7-21)10-13-11-22(12-16(24)23(13)15)18-19-4-3-5-20-18/h3-5,13-15H,2,6-12H2,1H3/t13-,14?,15?/m0/s1. The number of morpholine rings is 1. The molecule has 0 aliphatic carbocycles. The number of hydrogen-bond donors (Lipinski definition) is 0. The van der Waals surface area contributed by atoms with Crippen LogP contribution in [-0.2, 0) is 14.3 Å². The van der Waals surface area contributed by atoms with Gasteiger partial charge >= 0.3 is 0 Å². The van der Waals surface area contributed by atoms with E-state index in [1.807, 2.05) is 14.7 Å². The Morgan fingerprint density at radius 1 is 1.27 bits per heavy atom. The molecule has 1 aromatic heterocycles. The Bertz CT molecular complexity index is 664. The van der Waals surface area contributed by atoms with Crippen LogP contribution in [0.4, 0.5) is 5.95 Å². The first-order valence-corrected chi connectivity index (χ1v) is 9.38. The van der Waals surface area contributed by atoms with E-state index >= 15 is 0 Å². The number of piperazine rings is 1. The summed E-state index contributed by atoms with van der Waals surface area (Å²) >= 11 is 0. The van der Waals surface area contributed by atoms with Crippen LogP contribution in [0.5, 0.6) is 0 Å². The van der Waals surface area contributed by atoms with Crippen LogP contribution >= 0.6 is 0 Å². The lowest BCUT2D eigenvalue weighted by Crippen LogP contribution is -2.57. The average molecular weight is 359 g/mol. The van der Waals surface area contributed by atoms with Gasteiger partial charge in [0.2, 0.25) is 17.8 Å². The van der Waals surface area contributed by atoms with Crippen molar-refractivity contribution >= 4 is 17.8 Å². The van der Waals surface area contributed by atoms with Crippen molar-refractivity contribution in [2.75, 3.05) is 44.3 Å². The molecule has 2 amide bonds. The summed E-state index contributed by atoms with van der Waals surface area (Å²) < 4.78 is 5.36. The fourth-order valence-corrected chi connectivity index (χ4v) is 4.52. The lowest BCUT2D eigenvalue weighted by molar-refractivity contribution is -0.141. The van der Waals surface area contributed by atoms with E-state index in [1.54, 1.807) is 18.5 Å². The Hall–Kier alpha value is -2.22. The lowest BCUT2D eigenvalue weighted by Gasteiger charge is -2.40. The normalized spacial score (nSPS) is 29.0. The molecule has 1 aromatic rings. The molecule has 8 nitrogen and oxygen atoms in total. The third-order valence-corrected chi connectivity index (χ3v) is 5.68. The summed E-state index contributed by atoms with van der Waals surface area (Å²) in [4.78, 5) is 40.3. The van der Waals surface area contributed by atoms with Crippen molar-refractivity contribution in [2.45, 2.75) is 31.8 Å². The van der Waals surface area contributed by atoms with Gasteiger partial charge in [0.25, 0.3) is 0 Å². The van der Waals surface area contributed by atoms with Gasteiger partial charge in [0.15, 0.2) is 0 Å². The van der Waals surface area contributed by atoms with E-state index in [4.69, 9.17) is 4.74 Å². The van der Waals surface area contributed by atoms with Crippen LogP contribution in [-0.4, -0.2) is 83.1 Å². The van der Waals surface area contributed by atoms with Gasteiger partial charge in [-0.15, -0.1) is 0 Å². The minimum atomic E-state index is -0.122. The van der Waals surface area contributed by atoms with Gasteiger partial charge in [0, 0.05) is 38.1 Å². The molecular weight excluding hydrogens is 334 g/mol. The van der Waals surface area contributed by atoms with Crippen LogP contribution in [0.1, 0.15) is 19.8 Å². The fourth-order valence-electron chi connectivity index (χ4n) is 4.52. The van der Waals surface area contributed by atoms with E-state index in [2.05, 4.69) is 16.9 Å². The molecule has 140 valence electrons. The Morgan fingerprint density at radius 2 is 2.00 bits per heavy atom. The number of anilines is 1. The summed E-state index contributed by atoms with van der Waals surface area (Å²) in [7, 11) is 0. The van der Waals surface area contributed by atoms with Gasteiger partial charge in [-0.2, -0.15) is 0 Å². The molecule has 2 unspecified atom stereocenters. The maximum atomic E-state index is 13.1. The van der Waals surface area contributed by atoms with Crippen molar-refractivity contribution in [3.8, 4) is 0 Å². The van der Waals surface area contributed by atoms with E-state index in [9.17, 15) is 9.59 Å². The Kier molecular flexibility index (Phi) is 4.76. The second-order valence-electron chi connectivity index (χ2n) is 7.14. The molecule has 0 saturated carbocycles. The van der Waals surface area contributed by atoms with E-state index in [-0.39, 0.29) is 36.4 Å². The fraction of sp³-hybridized carbons (Fsp3) is 0.667. The molecule has 0 aromatic carbocycles. The van der Waals surface area contributed by atoms with Crippen LogP contribution in [0.15, 0.2) is 18.5 Å². The van der Waals surface area contributed by atoms with E-state index in [0.717, 1.165) is 6.42 Å². The molecule has 0 bridgehead atoms. The highest BCUT2D eigenvalue weighted by Crippen LogP contribution is 2.36. The van der Waals surface area contributed by atoms with Gasteiger partial charge in [-0.1, -0.05) is 6.92 Å². The predicted molar refractivity (Wildman–Crippen MR) is 94.5 cm³/mol. The number of carbonyl (C=O) groups is 2. The van der Waals surface area contributed by atoms with Crippen LogP contribution < -0.4 is 4.90 Å². The quantitative estimate of drug-likeness (QED) is 0.765. The van der Waals surface area contributed by atoms with Gasteiger partial charge in [-0.3, -0.25) is 9.59 Å². The van der Waals surface area contributed by atoms with Crippen molar-refractivity contribution in [2.24, 2.45) is 5.92 Å². The Labute approximate surface area is 153 Å². The molecule has 3 atom stereocenters. The first-order chi connectivity index (χ1) is 12.7. The van der Waals surface area contributed by atoms with Crippen molar-refractivity contribution in [1.29, 1.82) is 0 Å². The first-order valence-electron chi connectivity index (χ1n) is 9.38. The highest BCUT2D eigenvalue weighted by molar-refractivity contribution is 5.86. The Balaban J connectivity index is 1.52. The summed E-state index contributed by atoms with van der Waals surface area (Å²) in [6.45, 7) is 5.50. The molecule has 0 radical (unpaired) electrons. The molecule has 8 heteroatoms. The summed E-state index contributed by atoms with van der Waals surface area (Å²) in [5.74, 6) is 0.697. The van der Waals surface area contributed by atoms with Crippen LogP contribution in [0.2, 0.25) is 0 Å². The maximum absolute atomic E-state index is 13.1. The predicted octanol–water partition coefficient (Wildman–Crippen LogP) is 0.151. The van der Waals surface area contributed by atoms with Gasteiger partial charge < -0.3 is 19.4 Å². The smallest absolute Gasteiger partial charge is 0.242 e. The number of ether oxygens (including phenoxy) is 1. The lowest BCUT2D eigenvalue weighted by atomic mass is 9.95. The zero-order valence-corrected chi connectivity index (χ0v) is 15.1. The van der Waals surface area contributed by atoms with Gasteiger partial charge in [-0.05, 0) is 18.9 Å². The molecule has 3 fully saturated rings. The monoisotopic (exact) mass is 359 g/mol. The largest absolute Gasteiger partial charge is 0.378 e. The molecule has 26 heavy (non-hydrogen) atoms. The minimum Gasteiger partial charge on any atom is -0.378 e. The number of fused-ring (bicyclic) bond motifs is 1. The van der Waals surface area contributed by atoms with Crippen molar-refractivity contribution in [3.05, 3.63) is 18.5 Å². The van der Waals surface area contributed by atoms with Gasteiger partial charge in [-0.25, -0.2) is 9.97 Å². The Morgan fingerprint density at radius 3 is 2.69 bits per heavy atom. The van der Waals surface area contributed by atoms with E-state index < -0.39 is 0 Å². The van der Waals surface area contributed by atoms with Crippen molar-refractivity contribution in [1.82, 2.24) is 19.8 Å². The van der Waals surface area contributed by atoms with Crippen LogP contribution in [0.25, 0.3) is 0 Å². The average Bonchev–Trinajstić information content (AvgIpc) is 3.08. The second kappa shape index (κ2) is 7.19. The number of nitrogens with zero attached hydrogens (tertiary/aromatic N) is 5. The molecule has 0 spiro atoms. The minimum absolute atomic E-state index is 0.0123. The molecule has 4 heterocycles. The number of rotatable bonds is 3. The number of amides is 2. The maximum Gasteiger partial charge on any atom is 0.242 e. The van der Waals surface area contributed by atoms with Crippen LogP contribution in [0, 0.1) is 5.92 Å². The second-order valence-corrected chi connectivity index (χ2v) is 7.14. The molecule has 4 rings (SSSR count). The van der Waals surface area contributed by atoms with Crippen molar-refractivity contribution in [3.63, 3.8) is 0 Å². The summed E-state index contributed by atoms with van der Waals surface area (Å²) in [5, 5.41) is 0. The number of carbonyl (C=O) groups excluding carboxylic acids is 2. The van der Waals surface area contributed by atoms with E-state index in [0.29, 0.717) is 45.2 Å². The molecule has 0 N–H and O–H groups in total. The molecular formula is C18H25N5O3. The third kappa shape index (κ3) is 3.02. The molecule has 3 aliphatic rings. The number of aromatic nitrogens is 2. The molecule has 3 saturated heterocycles. The number of hydrogen-bond acceptors (Lipinski definition) is 6. The SMILES string of the molecule is CCC1C(C(=O)N2CCOCC2)C[C@H]2CN(c3ncccn3)CC(=O)N12. The van der Waals surface area contributed by atoms with Gasteiger partial charge in [0.1, 0.15) is 6.54 Å².